The van der Waals surface area contributed by atoms with Crippen molar-refractivity contribution in [3.8, 4) is 0 Å². The number of ether oxygens (including phenoxy) is 1. The van der Waals surface area contributed by atoms with Crippen LogP contribution in [0.15, 0.2) is 12.2 Å². The zero-order valence-electron chi connectivity index (χ0n) is 9.08. The van der Waals surface area contributed by atoms with Gasteiger partial charge in [-0.1, -0.05) is 13.0 Å². The monoisotopic (exact) mass is 197 g/mol. The number of rotatable bonds is 3. The summed E-state index contributed by atoms with van der Waals surface area (Å²) >= 11 is 0. The Hall–Kier alpha value is -0.830. The molecule has 0 bridgehead atoms. The zero-order chi connectivity index (χ0) is 10.6. The minimum absolute atomic E-state index is 0.274. The highest BCUT2D eigenvalue weighted by molar-refractivity contribution is 5.87. The van der Waals surface area contributed by atoms with Crippen LogP contribution in [0, 0.1) is 0 Å². The van der Waals surface area contributed by atoms with Crippen molar-refractivity contribution < 1.29 is 9.53 Å². The Balaban J connectivity index is 2.42. The van der Waals surface area contributed by atoms with E-state index >= 15 is 0 Å². The number of carbonyl (C=O) groups is 1. The van der Waals surface area contributed by atoms with Crippen molar-refractivity contribution in [3.63, 3.8) is 0 Å². The molecule has 1 aliphatic rings. The first-order valence-electron chi connectivity index (χ1n) is 5.11. The molecular formula is C11H19NO2. The minimum atomic E-state index is -0.274. The molecule has 80 valence electrons. The lowest BCUT2D eigenvalue weighted by molar-refractivity contribution is -0.136. The SMILES string of the molecule is C=C(CC1CCCCN1C)C(=O)OC. The van der Waals surface area contributed by atoms with E-state index in [1.54, 1.807) is 0 Å². The maximum Gasteiger partial charge on any atom is 0.333 e. The summed E-state index contributed by atoms with van der Waals surface area (Å²) in [5, 5.41) is 0. The smallest absolute Gasteiger partial charge is 0.333 e. The van der Waals surface area contributed by atoms with Crippen LogP contribution in [0.3, 0.4) is 0 Å². The average Bonchev–Trinajstić information content (AvgIpc) is 2.20. The van der Waals surface area contributed by atoms with Crippen LogP contribution < -0.4 is 0 Å². The summed E-state index contributed by atoms with van der Waals surface area (Å²) in [6.45, 7) is 4.88. The zero-order valence-corrected chi connectivity index (χ0v) is 9.08. The molecule has 0 aromatic heterocycles. The van der Waals surface area contributed by atoms with Crippen molar-refractivity contribution in [1.29, 1.82) is 0 Å². The van der Waals surface area contributed by atoms with Gasteiger partial charge in [0.15, 0.2) is 0 Å². The number of methoxy groups -OCH3 is 1. The molecule has 1 fully saturated rings. The van der Waals surface area contributed by atoms with Crippen molar-refractivity contribution in [3.05, 3.63) is 12.2 Å². The third-order valence-corrected chi connectivity index (χ3v) is 2.88. The Morgan fingerprint density at radius 2 is 2.29 bits per heavy atom. The molecule has 1 atom stereocenters. The van der Waals surface area contributed by atoms with Crippen LogP contribution in [-0.4, -0.2) is 37.6 Å². The van der Waals surface area contributed by atoms with Crippen LogP contribution in [0.5, 0.6) is 0 Å². The van der Waals surface area contributed by atoms with E-state index in [0.29, 0.717) is 11.6 Å². The molecule has 0 aromatic carbocycles. The lowest BCUT2D eigenvalue weighted by Crippen LogP contribution is -2.36. The predicted molar refractivity (Wildman–Crippen MR) is 56.0 cm³/mol. The summed E-state index contributed by atoms with van der Waals surface area (Å²) in [7, 11) is 3.51. The molecule has 0 spiro atoms. The highest BCUT2D eigenvalue weighted by Crippen LogP contribution is 2.20. The summed E-state index contributed by atoms with van der Waals surface area (Å²) in [5.74, 6) is -0.274. The van der Waals surface area contributed by atoms with E-state index < -0.39 is 0 Å². The predicted octanol–water partition coefficient (Wildman–Crippen LogP) is 1.59. The van der Waals surface area contributed by atoms with Gasteiger partial charge in [-0.3, -0.25) is 0 Å². The van der Waals surface area contributed by atoms with Gasteiger partial charge in [-0.05, 0) is 32.9 Å². The normalized spacial score (nSPS) is 23.1. The van der Waals surface area contributed by atoms with E-state index in [0.717, 1.165) is 19.4 Å². The Morgan fingerprint density at radius 1 is 1.57 bits per heavy atom. The topological polar surface area (TPSA) is 29.5 Å². The summed E-state index contributed by atoms with van der Waals surface area (Å²) in [4.78, 5) is 13.5. The number of carbonyl (C=O) groups excluding carboxylic acids is 1. The average molecular weight is 197 g/mol. The van der Waals surface area contributed by atoms with E-state index in [1.807, 2.05) is 0 Å². The van der Waals surface area contributed by atoms with Crippen molar-refractivity contribution in [2.24, 2.45) is 0 Å². The Morgan fingerprint density at radius 3 is 2.86 bits per heavy atom. The first-order chi connectivity index (χ1) is 6.65. The highest BCUT2D eigenvalue weighted by Gasteiger charge is 2.21. The summed E-state index contributed by atoms with van der Waals surface area (Å²) in [6.07, 6.45) is 4.41. The molecule has 1 unspecified atom stereocenters. The standard InChI is InChI=1S/C11H19NO2/c1-9(11(13)14-3)8-10-6-4-5-7-12(10)2/h10H,1,4-8H2,2-3H3. The molecule has 1 rings (SSSR count). The second-order valence-electron chi connectivity index (χ2n) is 3.93. The third-order valence-electron chi connectivity index (χ3n) is 2.88. The first kappa shape index (κ1) is 11.2. The summed E-state index contributed by atoms with van der Waals surface area (Å²) in [6, 6.07) is 0.468. The lowest BCUT2D eigenvalue weighted by atomic mass is 9.97. The van der Waals surface area contributed by atoms with Crippen LogP contribution in [0.25, 0.3) is 0 Å². The van der Waals surface area contributed by atoms with Gasteiger partial charge in [0.05, 0.1) is 7.11 Å². The molecule has 0 aliphatic carbocycles. The molecule has 0 aromatic rings. The Labute approximate surface area is 85.7 Å². The molecule has 3 nitrogen and oxygen atoms in total. The highest BCUT2D eigenvalue weighted by atomic mass is 16.5. The third kappa shape index (κ3) is 2.84. The van der Waals surface area contributed by atoms with Gasteiger partial charge in [-0.25, -0.2) is 4.79 Å². The Bertz CT molecular complexity index is 225. The molecule has 0 radical (unpaired) electrons. The maximum atomic E-state index is 11.2. The molecule has 0 saturated carbocycles. The summed E-state index contributed by atoms with van der Waals surface area (Å²) < 4.78 is 4.63. The fraction of sp³-hybridized carbons (Fsp3) is 0.727. The molecule has 0 amide bonds. The van der Waals surface area contributed by atoms with Crippen LogP contribution in [0.2, 0.25) is 0 Å². The second kappa shape index (κ2) is 5.15. The van der Waals surface area contributed by atoms with Crippen molar-refractivity contribution in [1.82, 2.24) is 4.90 Å². The van der Waals surface area contributed by atoms with Crippen LogP contribution in [0.4, 0.5) is 0 Å². The molecule has 1 saturated heterocycles. The summed E-state index contributed by atoms with van der Waals surface area (Å²) in [5.41, 5.74) is 0.589. The van der Waals surface area contributed by atoms with E-state index in [2.05, 4.69) is 23.3 Å². The number of nitrogens with zero attached hydrogens (tertiary/aromatic N) is 1. The second-order valence-corrected chi connectivity index (χ2v) is 3.93. The van der Waals surface area contributed by atoms with Crippen molar-refractivity contribution in [2.75, 3.05) is 20.7 Å². The van der Waals surface area contributed by atoms with Gasteiger partial charge in [-0.2, -0.15) is 0 Å². The van der Waals surface area contributed by atoms with Gasteiger partial charge in [0.25, 0.3) is 0 Å². The first-order valence-corrected chi connectivity index (χ1v) is 5.11. The van der Waals surface area contributed by atoms with E-state index in [9.17, 15) is 4.79 Å². The molecule has 1 aliphatic heterocycles. The van der Waals surface area contributed by atoms with Gasteiger partial charge in [0.2, 0.25) is 0 Å². The fourth-order valence-electron chi connectivity index (χ4n) is 1.91. The Kier molecular flexibility index (Phi) is 4.14. The largest absolute Gasteiger partial charge is 0.466 e. The van der Waals surface area contributed by atoms with Gasteiger partial charge in [0, 0.05) is 11.6 Å². The van der Waals surface area contributed by atoms with Crippen molar-refractivity contribution >= 4 is 5.97 Å². The van der Waals surface area contributed by atoms with Gasteiger partial charge >= 0.3 is 5.97 Å². The van der Waals surface area contributed by atoms with E-state index in [-0.39, 0.29) is 5.97 Å². The number of esters is 1. The lowest BCUT2D eigenvalue weighted by Gasteiger charge is -2.32. The number of piperidine rings is 1. The number of likely N-dealkylation sites (tertiary alicyclic amines) is 1. The van der Waals surface area contributed by atoms with Crippen LogP contribution >= 0.6 is 0 Å². The van der Waals surface area contributed by atoms with Crippen molar-refractivity contribution in [2.45, 2.75) is 31.7 Å². The molecule has 3 heteroatoms. The molecule has 14 heavy (non-hydrogen) atoms. The molecule has 0 N–H and O–H groups in total. The number of hydrogen-bond donors (Lipinski definition) is 0. The van der Waals surface area contributed by atoms with E-state index in [4.69, 9.17) is 0 Å². The quantitative estimate of drug-likeness (QED) is 0.508. The molecular weight excluding hydrogens is 178 g/mol. The van der Waals surface area contributed by atoms with E-state index in [1.165, 1.54) is 20.0 Å². The fourth-order valence-corrected chi connectivity index (χ4v) is 1.91. The van der Waals surface area contributed by atoms with Gasteiger partial charge in [0.1, 0.15) is 0 Å². The maximum absolute atomic E-state index is 11.2. The van der Waals surface area contributed by atoms with Crippen LogP contribution in [0.1, 0.15) is 25.7 Å². The van der Waals surface area contributed by atoms with Gasteiger partial charge in [-0.15, -0.1) is 0 Å². The minimum Gasteiger partial charge on any atom is -0.466 e. The number of hydrogen-bond acceptors (Lipinski definition) is 3. The molecule has 1 heterocycles. The van der Waals surface area contributed by atoms with Gasteiger partial charge < -0.3 is 9.64 Å². The van der Waals surface area contributed by atoms with Crippen LogP contribution in [-0.2, 0) is 9.53 Å².